The van der Waals surface area contributed by atoms with Gasteiger partial charge in [0.1, 0.15) is 6.54 Å². The summed E-state index contributed by atoms with van der Waals surface area (Å²) >= 11 is 0. The number of nitrogens with zero attached hydrogens (tertiary/aromatic N) is 1. The van der Waals surface area contributed by atoms with Crippen LogP contribution < -0.4 is 11.2 Å². The Balaban J connectivity index is 3.31. The summed E-state index contributed by atoms with van der Waals surface area (Å²) in [5, 5.41) is 3.73. The molecule has 0 aliphatic heterocycles. The Labute approximate surface area is 54.1 Å². The van der Waals surface area contributed by atoms with Gasteiger partial charge in [-0.15, -0.1) is 0 Å². The fourth-order valence-corrected chi connectivity index (χ4v) is 0.276. The van der Waals surface area contributed by atoms with Crippen LogP contribution in [-0.2, 0) is 4.79 Å². The quantitative estimate of drug-likeness (QED) is 0.397. The van der Waals surface area contributed by atoms with E-state index in [9.17, 15) is 4.79 Å². The van der Waals surface area contributed by atoms with E-state index in [1.54, 1.807) is 0 Å². The van der Waals surface area contributed by atoms with E-state index in [-0.39, 0.29) is 6.54 Å². The van der Waals surface area contributed by atoms with Crippen LogP contribution in [0.2, 0.25) is 0 Å². The summed E-state index contributed by atoms with van der Waals surface area (Å²) in [6, 6.07) is 0. The van der Waals surface area contributed by atoms with E-state index in [1.807, 2.05) is 13.8 Å². The van der Waals surface area contributed by atoms with Gasteiger partial charge in [-0.25, -0.2) is 0 Å². The molecule has 0 atom stereocenters. The highest BCUT2D eigenvalue weighted by atomic mass is 16.1. The van der Waals surface area contributed by atoms with Gasteiger partial charge in [0.25, 0.3) is 0 Å². The first-order valence-electron chi connectivity index (χ1n) is 2.65. The smallest absolute Gasteiger partial charge is 0.238 e. The summed E-state index contributed by atoms with van der Waals surface area (Å²) in [7, 11) is 0. The van der Waals surface area contributed by atoms with Crippen molar-refractivity contribution in [1.82, 2.24) is 5.43 Å². The molecule has 0 fully saturated rings. The van der Waals surface area contributed by atoms with Gasteiger partial charge in [0, 0.05) is 5.71 Å². The monoisotopic (exact) mass is 129 g/mol. The van der Waals surface area contributed by atoms with E-state index in [4.69, 9.17) is 5.73 Å². The van der Waals surface area contributed by atoms with Gasteiger partial charge in [-0.1, -0.05) is 0 Å². The fraction of sp³-hybridized carbons (Fsp3) is 0.600. The molecule has 0 rings (SSSR count). The normalized spacial score (nSPS) is 8.22. The lowest BCUT2D eigenvalue weighted by atomic mass is 10.5. The number of nitrogens with two attached hydrogens (primary N) is 1. The molecule has 0 heterocycles. The summed E-state index contributed by atoms with van der Waals surface area (Å²) in [6.45, 7) is 3.76. The van der Waals surface area contributed by atoms with E-state index < -0.39 is 5.91 Å². The van der Waals surface area contributed by atoms with Gasteiger partial charge in [-0.3, -0.25) is 4.79 Å². The van der Waals surface area contributed by atoms with Crippen molar-refractivity contribution in [1.29, 1.82) is 0 Å². The molecule has 0 aromatic heterocycles. The molecule has 0 aliphatic carbocycles. The number of carbonyl (C=O) groups excluding carboxylic acids is 1. The molecule has 0 saturated carbocycles. The molecule has 52 valence electrons. The second-order valence-corrected chi connectivity index (χ2v) is 1.86. The molecule has 0 bridgehead atoms. The van der Waals surface area contributed by atoms with Crippen molar-refractivity contribution in [2.75, 3.05) is 6.54 Å². The van der Waals surface area contributed by atoms with Crippen molar-refractivity contribution in [3.63, 3.8) is 0 Å². The van der Waals surface area contributed by atoms with Crippen molar-refractivity contribution in [3.05, 3.63) is 0 Å². The molecule has 9 heavy (non-hydrogen) atoms. The Bertz CT molecular complexity index is 126. The van der Waals surface area contributed by atoms with Crippen LogP contribution >= 0.6 is 0 Å². The van der Waals surface area contributed by atoms with Crippen LogP contribution in [0, 0.1) is 0 Å². The molecule has 1 amide bonds. The topological polar surface area (TPSA) is 67.5 Å². The molecular weight excluding hydrogens is 118 g/mol. The zero-order valence-corrected chi connectivity index (χ0v) is 5.64. The van der Waals surface area contributed by atoms with Crippen LogP contribution in [0.4, 0.5) is 0 Å². The van der Waals surface area contributed by atoms with Gasteiger partial charge >= 0.3 is 0 Å². The van der Waals surface area contributed by atoms with E-state index >= 15 is 0 Å². The van der Waals surface area contributed by atoms with Gasteiger partial charge in [0.2, 0.25) is 5.91 Å². The molecule has 0 aromatic carbocycles. The number of rotatable bonds is 3. The Morgan fingerprint density at radius 2 is 2.22 bits per heavy atom. The van der Waals surface area contributed by atoms with Gasteiger partial charge in [-0.2, -0.15) is 5.10 Å². The van der Waals surface area contributed by atoms with Gasteiger partial charge < -0.3 is 11.2 Å². The van der Waals surface area contributed by atoms with E-state index in [2.05, 4.69) is 10.5 Å². The maximum atomic E-state index is 10.1. The summed E-state index contributed by atoms with van der Waals surface area (Å²) in [6.07, 6.45) is 0. The molecule has 0 aliphatic rings. The first-order valence-corrected chi connectivity index (χ1v) is 2.65. The average Bonchev–Trinajstić information content (AvgIpc) is 1.63. The third-order valence-electron chi connectivity index (χ3n) is 0.556. The Hall–Kier alpha value is -1.06. The van der Waals surface area contributed by atoms with Crippen LogP contribution in [-0.4, -0.2) is 18.2 Å². The number of primary amides is 1. The lowest BCUT2D eigenvalue weighted by molar-refractivity contribution is -0.117. The first-order chi connectivity index (χ1) is 4.13. The molecule has 4 nitrogen and oxygen atoms in total. The highest BCUT2D eigenvalue weighted by Gasteiger charge is 1.87. The SMILES string of the molecule is CC(C)=NNCC(N)=O. The lowest BCUT2D eigenvalue weighted by Gasteiger charge is -1.94. The number of carbonyl (C=O) groups is 1. The minimum absolute atomic E-state index is 0.102. The zero-order valence-electron chi connectivity index (χ0n) is 5.64. The summed E-state index contributed by atoms with van der Waals surface area (Å²) in [5.41, 5.74) is 8.18. The van der Waals surface area contributed by atoms with E-state index in [0.717, 1.165) is 5.71 Å². The average molecular weight is 129 g/mol. The number of hydrazone groups is 1. The predicted molar refractivity (Wildman–Crippen MR) is 36.0 cm³/mol. The third-order valence-corrected chi connectivity index (χ3v) is 0.556. The molecule has 0 radical (unpaired) electrons. The van der Waals surface area contributed by atoms with Crippen LogP contribution in [0.3, 0.4) is 0 Å². The Morgan fingerprint density at radius 3 is 2.56 bits per heavy atom. The van der Waals surface area contributed by atoms with Crippen molar-refractivity contribution in [2.45, 2.75) is 13.8 Å². The molecule has 0 saturated heterocycles. The molecule has 0 unspecified atom stereocenters. The summed E-state index contributed by atoms with van der Waals surface area (Å²) in [5.74, 6) is -0.403. The van der Waals surface area contributed by atoms with Crippen LogP contribution in [0.1, 0.15) is 13.8 Å². The Morgan fingerprint density at radius 1 is 1.67 bits per heavy atom. The van der Waals surface area contributed by atoms with Crippen LogP contribution in [0.15, 0.2) is 5.10 Å². The van der Waals surface area contributed by atoms with E-state index in [0.29, 0.717) is 0 Å². The highest BCUT2D eigenvalue weighted by molar-refractivity contribution is 5.79. The van der Waals surface area contributed by atoms with Crippen molar-refractivity contribution in [2.24, 2.45) is 10.8 Å². The Kier molecular flexibility index (Phi) is 3.43. The van der Waals surface area contributed by atoms with Gasteiger partial charge in [0.05, 0.1) is 0 Å². The molecule has 3 N–H and O–H groups in total. The highest BCUT2D eigenvalue weighted by Crippen LogP contribution is 1.67. The maximum absolute atomic E-state index is 10.1. The molecular formula is C5H11N3O. The second-order valence-electron chi connectivity index (χ2n) is 1.86. The maximum Gasteiger partial charge on any atom is 0.238 e. The van der Waals surface area contributed by atoms with Gasteiger partial charge in [-0.05, 0) is 13.8 Å². The summed E-state index contributed by atoms with van der Waals surface area (Å²) < 4.78 is 0. The van der Waals surface area contributed by atoms with Gasteiger partial charge in [0.15, 0.2) is 0 Å². The molecule has 4 heteroatoms. The van der Waals surface area contributed by atoms with Crippen molar-refractivity contribution < 1.29 is 4.79 Å². The summed E-state index contributed by atoms with van der Waals surface area (Å²) in [4.78, 5) is 10.1. The first kappa shape index (κ1) is 7.94. The number of hydrogen-bond acceptors (Lipinski definition) is 3. The minimum atomic E-state index is -0.403. The molecule has 0 spiro atoms. The van der Waals surface area contributed by atoms with Crippen LogP contribution in [0.5, 0.6) is 0 Å². The number of amides is 1. The second kappa shape index (κ2) is 3.88. The van der Waals surface area contributed by atoms with Crippen molar-refractivity contribution in [3.8, 4) is 0 Å². The third kappa shape index (κ3) is 6.94. The van der Waals surface area contributed by atoms with Crippen molar-refractivity contribution >= 4 is 11.6 Å². The number of hydrogen-bond donors (Lipinski definition) is 2. The predicted octanol–water partition coefficient (Wildman–Crippen LogP) is -0.543. The van der Waals surface area contributed by atoms with E-state index in [1.165, 1.54) is 0 Å². The van der Waals surface area contributed by atoms with Crippen LogP contribution in [0.25, 0.3) is 0 Å². The molecule has 0 aromatic rings. The zero-order chi connectivity index (χ0) is 7.28. The minimum Gasteiger partial charge on any atom is -0.368 e. The largest absolute Gasteiger partial charge is 0.368 e. The fourth-order valence-electron chi connectivity index (χ4n) is 0.276. The standard InChI is InChI=1S/C5H11N3O/c1-4(2)8-7-3-5(6)9/h7H,3H2,1-2H3,(H2,6,9). The lowest BCUT2D eigenvalue weighted by Crippen LogP contribution is -2.25. The number of nitrogens with one attached hydrogen (secondary N) is 1.